The number of aromatic nitrogens is 1. The highest BCUT2D eigenvalue weighted by atomic mass is 16.7. The number of aliphatic hydroxyl groups is 3. The summed E-state index contributed by atoms with van der Waals surface area (Å²) in [4.78, 5) is 66.0. The average Bonchev–Trinajstić information content (AvgIpc) is 3.60. The number of carbonyl (C=O) groups excluding carboxylic acids is 4. The topological polar surface area (TPSA) is 250 Å². The molecule has 0 aliphatic carbocycles. The summed E-state index contributed by atoms with van der Waals surface area (Å²) in [6.07, 6.45) is -7.04. The number of aliphatic carboxylic acids is 1. The van der Waals surface area contributed by atoms with Gasteiger partial charge in [0.2, 0.25) is 29.1 Å². The van der Waals surface area contributed by atoms with Crippen molar-refractivity contribution in [3.63, 3.8) is 0 Å². The number of ether oxygens (including phenoxy) is 5. The largest absolute Gasteiger partial charge is 0.479 e. The Morgan fingerprint density at radius 2 is 1.30 bits per heavy atom. The molecule has 2 aliphatic rings. The van der Waals surface area contributed by atoms with Crippen molar-refractivity contribution in [3.05, 3.63) is 78.4 Å². The van der Waals surface area contributed by atoms with Crippen molar-refractivity contribution in [2.24, 2.45) is 0 Å². The Hall–Kier alpha value is -6.26. The van der Waals surface area contributed by atoms with Crippen LogP contribution in [0.15, 0.2) is 72.8 Å². The third-order valence-corrected chi connectivity index (χ3v) is 10.9. The summed E-state index contributed by atoms with van der Waals surface area (Å²) < 4.78 is 29.8. The van der Waals surface area contributed by atoms with Crippen LogP contribution in [0.1, 0.15) is 18.4 Å². The van der Waals surface area contributed by atoms with Crippen molar-refractivity contribution in [2.45, 2.75) is 50.1 Å². The Kier molecular flexibility index (Phi) is 17.0. The molecule has 2 aliphatic heterocycles. The number of carboxylic acids is 1. The monoisotopic (exact) mass is 917 g/mol. The van der Waals surface area contributed by atoms with E-state index in [9.17, 15) is 44.4 Å². The molecule has 354 valence electrons. The molecule has 6 rings (SSSR count). The first-order chi connectivity index (χ1) is 31.6. The standard InChI is InChI=1S/C46H56N6O14/c1-49(2)31-8-6-29-24-30-7-9-32(50(3)4)26-35(30)52(34(29)25-31)27-28-5-10-36(65-46-43(59)41(57)42(58)44(66-46)45(60)61)33(23-28)48-38(54)13-15-47-37(53)14-17-62-19-21-64-22-20-63-18-16-51-39(55)11-12-40(51)56/h5-12,23-26,41-44,46,57-59H,13-22,27H2,1-4H3,(H2-,47,48,53,54,60,61)/p+1/t41-,42-,43+,44-,46+/m0/s1. The first-order valence-corrected chi connectivity index (χ1v) is 21.4. The van der Waals surface area contributed by atoms with Crippen molar-refractivity contribution >= 4 is 68.5 Å². The molecule has 20 nitrogen and oxygen atoms in total. The molecule has 3 heterocycles. The van der Waals surface area contributed by atoms with Crippen molar-refractivity contribution < 1.29 is 72.7 Å². The van der Waals surface area contributed by atoms with Crippen molar-refractivity contribution in [1.82, 2.24) is 10.2 Å². The number of nitrogens with zero attached hydrogens (tertiary/aromatic N) is 4. The van der Waals surface area contributed by atoms with Crippen molar-refractivity contribution in [2.75, 3.05) is 96.0 Å². The Labute approximate surface area is 380 Å². The molecule has 1 aromatic heterocycles. The zero-order valence-corrected chi connectivity index (χ0v) is 37.3. The lowest BCUT2D eigenvalue weighted by atomic mass is 9.99. The van der Waals surface area contributed by atoms with E-state index in [-0.39, 0.29) is 94.7 Å². The molecule has 66 heavy (non-hydrogen) atoms. The number of nitrogens with one attached hydrogen (secondary N) is 2. The van der Waals surface area contributed by atoms with Crippen LogP contribution in [0.5, 0.6) is 5.75 Å². The highest BCUT2D eigenvalue weighted by Gasteiger charge is 2.48. The molecule has 0 bridgehead atoms. The average molecular weight is 918 g/mol. The van der Waals surface area contributed by atoms with E-state index in [1.165, 1.54) is 18.2 Å². The van der Waals surface area contributed by atoms with Crippen LogP contribution in [-0.2, 0) is 49.5 Å². The number of hydrogen-bond acceptors (Lipinski definition) is 15. The van der Waals surface area contributed by atoms with Crippen LogP contribution in [0.3, 0.4) is 0 Å². The van der Waals surface area contributed by atoms with Gasteiger partial charge in [0, 0.05) is 99.6 Å². The second-order valence-electron chi connectivity index (χ2n) is 16.1. The van der Waals surface area contributed by atoms with Gasteiger partial charge in [-0.25, -0.2) is 4.79 Å². The minimum absolute atomic E-state index is 0.0185. The Morgan fingerprint density at radius 1 is 0.712 bits per heavy atom. The second-order valence-corrected chi connectivity index (χ2v) is 16.1. The molecule has 1 fully saturated rings. The lowest BCUT2D eigenvalue weighted by Gasteiger charge is -2.38. The smallest absolute Gasteiger partial charge is 0.335 e. The summed E-state index contributed by atoms with van der Waals surface area (Å²) in [5.41, 5.74) is 4.72. The number of rotatable bonds is 23. The maximum atomic E-state index is 13.4. The molecule has 5 atom stereocenters. The Balaban J connectivity index is 1.08. The van der Waals surface area contributed by atoms with Gasteiger partial charge in [-0.3, -0.25) is 24.1 Å². The van der Waals surface area contributed by atoms with Crippen LogP contribution >= 0.6 is 0 Å². The molecule has 0 saturated carbocycles. The van der Waals surface area contributed by atoms with E-state index in [4.69, 9.17) is 23.7 Å². The third-order valence-electron chi connectivity index (χ3n) is 10.9. The first-order valence-electron chi connectivity index (χ1n) is 21.4. The van der Waals surface area contributed by atoms with Gasteiger partial charge in [0.05, 0.1) is 51.9 Å². The maximum absolute atomic E-state index is 13.4. The molecule has 1 saturated heterocycles. The summed E-state index contributed by atoms with van der Waals surface area (Å²) in [6, 6.07) is 19.5. The maximum Gasteiger partial charge on any atom is 0.335 e. The predicted molar refractivity (Wildman–Crippen MR) is 240 cm³/mol. The second kappa shape index (κ2) is 22.8. The van der Waals surface area contributed by atoms with E-state index in [2.05, 4.69) is 45.5 Å². The van der Waals surface area contributed by atoms with Crippen LogP contribution in [0.25, 0.3) is 21.8 Å². The van der Waals surface area contributed by atoms with Crippen molar-refractivity contribution in [1.29, 1.82) is 0 Å². The molecular weight excluding hydrogens is 861 g/mol. The van der Waals surface area contributed by atoms with Gasteiger partial charge >= 0.3 is 5.97 Å². The molecule has 0 spiro atoms. The van der Waals surface area contributed by atoms with E-state index >= 15 is 0 Å². The fourth-order valence-electron chi connectivity index (χ4n) is 7.26. The fraction of sp³-hybridized carbons (Fsp3) is 0.435. The van der Waals surface area contributed by atoms with Gasteiger partial charge in [0.1, 0.15) is 24.1 Å². The molecule has 4 amide bonds. The zero-order chi connectivity index (χ0) is 47.5. The van der Waals surface area contributed by atoms with Crippen LogP contribution in [0, 0.1) is 0 Å². The number of carboxylic acid groups (broad SMARTS) is 1. The van der Waals surface area contributed by atoms with Crippen molar-refractivity contribution in [3.8, 4) is 5.75 Å². The SMILES string of the molecule is CN(C)c1ccc2cc3ccc(N(C)C)cc3[n+](Cc3ccc(O[C@@H]4O[C@H](C(=O)O)[C@@H](O)[C@H](O)[C@H]4O)c(NC(=O)CCNC(=O)CCOCCOCCOCCN4C(=O)C=CC4=O)c3)c2c1. The van der Waals surface area contributed by atoms with Crippen LogP contribution in [0.4, 0.5) is 17.1 Å². The normalized spacial score (nSPS) is 19.4. The van der Waals surface area contributed by atoms with E-state index in [0.717, 1.165) is 43.6 Å². The summed E-state index contributed by atoms with van der Waals surface area (Å²) in [5.74, 6) is -3.19. The Bertz CT molecular complexity index is 2340. The summed E-state index contributed by atoms with van der Waals surface area (Å²) >= 11 is 0. The molecule has 3 aromatic carbocycles. The minimum atomic E-state index is -1.93. The van der Waals surface area contributed by atoms with Gasteiger partial charge < -0.3 is 64.5 Å². The van der Waals surface area contributed by atoms with Crippen LogP contribution in [-0.4, -0.2) is 167 Å². The third kappa shape index (κ3) is 12.5. The van der Waals surface area contributed by atoms with Crippen LogP contribution < -0.4 is 29.7 Å². The summed E-state index contributed by atoms with van der Waals surface area (Å²) in [6.45, 7) is 1.78. The van der Waals surface area contributed by atoms with Gasteiger partial charge in [-0.1, -0.05) is 0 Å². The predicted octanol–water partition coefficient (Wildman–Crippen LogP) is 0.542. The first kappa shape index (κ1) is 49.2. The quantitative estimate of drug-likeness (QED) is 0.0257. The molecule has 0 radical (unpaired) electrons. The van der Waals surface area contributed by atoms with Gasteiger partial charge in [-0.2, -0.15) is 4.57 Å². The number of amides is 4. The van der Waals surface area contributed by atoms with Gasteiger partial charge in [0.15, 0.2) is 12.6 Å². The number of pyridine rings is 1. The molecule has 6 N–H and O–H groups in total. The number of aliphatic hydroxyl groups excluding tert-OH is 3. The lowest BCUT2D eigenvalue weighted by Crippen LogP contribution is -2.61. The van der Waals surface area contributed by atoms with Gasteiger partial charge in [-0.05, 0) is 48.5 Å². The molecular formula is C46H57N6O14+. The number of fused-ring (bicyclic) bond motifs is 2. The highest BCUT2D eigenvalue weighted by molar-refractivity contribution is 6.12. The summed E-state index contributed by atoms with van der Waals surface area (Å²) in [7, 11) is 7.85. The van der Waals surface area contributed by atoms with E-state index in [0.29, 0.717) is 6.54 Å². The van der Waals surface area contributed by atoms with E-state index in [1.807, 2.05) is 50.1 Å². The zero-order valence-electron chi connectivity index (χ0n) is 37.3. The molecule has 0 unspecified atom stereocenters. The number of benzene rings is 3. The number of imide groups is 1. The van der Waals surface area contributed by atoms with Gasteiger partial charge in [-0.15, -0.1) is 0 Å². The fourth-order valence-corrected chi connectivity index (χ4v) is 7.26. The van der Waals surface area contributed by atoms with Gasteiger partial charge in [0.25, 0.3) is 11.8 Å². The molecule has 4 aromatic rings. The number of anilines is 3. The van der Waals surface area contributed by atoms with Crippen LogP contribution in [0.2, 0.25) is 0 Å². The van der Waals surface area contributed by atoms with E-state index in [1.54, 1.807) is 12.1 Å². The highest BCUT2D eigenvalue weighted by Crippen LogP contribution is 2.32. The lowest BCUT2D eigenvalue weighted by molar-refractivity contribution is -0.635. The Morgan fingerprint density at radius 3 is 1.89 bits per heavy atom. The summed E-state index contributed by atoms with van der Waals surface area (Å²) in [5, 5.41) is 48.6. The number of carbonyl (C=O) groups is 5. The number of hydrogen-bond donors (Lipinski definition) is 6. The minimum Gasteiger partial charge on any atom is -0.479 e. The van der Waals surface area contributed by atoms with E-state index < -0.39 is 42.6 Å². The molecule has 20 heteroatoms.